The van der Waals surface area contributed by atoms with Gasteiger partial charge in [-0.1, -0.05) is 182 Å². The molecular weight excluding hydrogens is 711 g/mol. The smallest absolute Gasteiger partial charge is 0.182 e. The average Bonchev–Trinajstić information content (AvgIpc) is 3.32. The Bertz CT molecular complexity index is 3030. The minimum atomic E-state index is 0.447. The highest BCUT2D eigenvalue weighted by atomic mass is 15.1. The monoisotopic (exact) mass is 743 g/mol. The second kappa shape index (κ2) is 15.2. The van der Waals surface area contributed by atoms with Crippen molar-refractivity contribution in [2.45, 2.75) is 0 Å². The molecule has 0 radical (unpaired) electrons. The van der Waals surface area contributed by atoms with Gasteiger partial charge in [0.1, 0.15) is 5.69 Å². The summed E-state index contributed by atoms with van der Waals surface area (Å²) in [5.74, 6) is 2.78. The van der Waals surface area contributed by atoms with E-state index in [0.717, 1.165) is 66.8 Å². The van der Waals surface area contributed by atoms with Gasteiger partial charge in [0.15, 0.2) is 29.1 Å². The van der Waals surface area contributed by atoms with E-state index >= 15 is 0 Å². The Hall–Kier alpha value is -8.03. The lowest BCUT2D eigenvalue weighted by atomic mass is 10.0. The predicted molar refractivity (Wildman–Crippen MR) is 232 cm³/mol. The molecule has 10 rings (SSSR count). The number of aromatic nitrogens is 7. The maximum atomic E-state index is 5.10. The van der Waals surface area contributed by atoms with Crippen molar-refractivity contribution in [1.29, 1.82) is 0 Å². The topological polar surface area (TPSA) is 90.2 Å². The summed E-state index contributed by atoms with van der Waals surface area (Å²) >= 11 is 0. The zero-order valence-electron chi connectivity index (χ0n) is 31.2. The van der Waals surface area contributed by atoms with Gasteiger partial charge >= 0.3 is 0 Å². The SMILES string of the molecule is c1ccc(-c2cccc(-c3cc(-c4nc(-c5ccccc5)nc(-c5ccc(-c6nc(-c7ccccc7)nc7ccccc67)cc5)n4)nc(-c4ccccc4)n3)c2)cc1. The number of rotatable bonds is 8. The molecule has 7 nitrogen and oxygen atoms in total. The van der Waals surface area contributed by atoms with E-state index in [1.807, 2.05) is 146 Å². The van der Waals surface area contributed by atoms with Gasteiger partial charge < -0.3 is 0 Å². The van der Waals surface area contributed by atoms with Crippen LogP contribution in [0.5, 0.6) is 0 Å². The Morgan fingerprint density at radius 1 is 0.224 bits per heavy atom. The van der Waals surface area contributed by atoms with Gasteiger partial charge in [-0.05, 0) is 29.3 Å². The zero-order chi connectivity index (χ0) is 38.7. The Kier molecular flexibility index (Phi) is 9.06. The van der Waals surface area contributed by atoms with Crippen LogP contribution in [0.4, 0.5) is 0 Å². The van der Waals surface area contributed by atoms with E-state index in [2.05, 4.69) is 54.6 Å². The quantitative estimate of drug-likeness (QED) is 0.153. The summed E-state index contributed by atoms with van der Waals surface area (Å²) in [6, 6.07) is 67.1. The molecule has 0 atom stereocenters. The van der Waals surface area contributed by atoms with E-state index in [1.165, 1.54) is 0 Å². The Morgan fingerprint density at radius 3 is 1.28 bits per heavy atom. The number of nitrogens with zero attached hydrogens (tertiary/aromatic N) is 7. The highest BCUT2D eigenvalue weighted by Gasteiger charge is 2.18. The van der Waals surface area contributed by atoms with Crippen LogP contribution in [-0.2, 0) is 0 Å². The lowest BCUT2D eigenvalue weighted by Gasteiger charge is -2.12. The van der Waals surface area contributed by atoms with Crippen molar-refractivity contribution >= 4 is 10.9 Å². The molecule has 3 aromatic heterocycles. The molecule has 3 heterocycles. The highest BCUT2D eigenvalue weighted by molar-refractivity contribution is 5.94. The Morgan fingerprint density at radius 2 is 0.655 bits per heavy atom. The van der Waals surface area contributed by atoms with Crippen LogP contribution < -0.4 is 0 Å². The van der Waals surface area contributed by atoms with Gasteiger partial charge in [-0.15, -0.1) is 0 Å². The van der Waals surface area contributed by atoms with Gasteiger partial charge in [-0.3, -0.25) is 0 Å². The Balaban J connectivity index is 1.10. The molecule has 0 aliphatic carbocycles. The second-order valence-electron chi connectivity index (χ2n) is 13.8. The van der Waals surface area contributed by atoms with Crippen molar-refractivity contribution in [3.8, 4) is 90.7 Å². The summed E-state index contributed by atoms with van der Waals surface area (Å²) in [5.41, 5.74) is 10.8. The van der Waals surface area contributed by atoms with Gasteiger partial charge in [-0.25, -0.2) is 34.9 Å². The van der Waals surface area contributed by atoms with E-state index in [-0.39, 0.29) is 0 Å². The molecular formula is C51H33N7. The molecule has 0 aliphatic rings. The first-order valence-corrected chi connectivity index (χ1v) is 19.1. The van der Waals surface area contributed by atoms with Crippen molar-refractivity contribution < 1.29 is 0 Å². The fourth-order valence-corrected chi connectivity index (χ4v) is 7.04. The van der Waals surface area contributed by atoms with Gasteiger partial charge in [0, 0.05) is 38.8 Å². The van der Waals surface area contributed by atoms with Crippen molar-refractivity contribution in [3.63, 3.8) is 0 Å². The van der Waals surface area contributed by atoms with Crippen LogP contribution in [-0.4, -0.2) is 34.9 Å². The summed E-state index contributed by atoms with van der Waals surface area (Å²) in [7, 11) is 0. The van der Waals surface area contributed by atoms with Crippen molar-refractivity contribution in [1.82, 2.24) is 34.9 Å². The Labute approximate surface area is 335 Å². The van der Waals surface area contributed by atoms with Crippen LogP contribution in [0, 0.1) is 0 Å². The molecule has 0 fully saturated rings. The fourth-order valence-electron chi connectivity index (χ4n) is 7.04. The highest BCUT2D eigenvalue weighted by Crippen LogP contribution is 2.33. The van der Waals surface area contributed by atoms with Crippen molar-refractivity contribution in [2.24, 2.45) is 0 Å². The number of fused-ring (bicyclic) bond motifs is 1. The van der Waals surface area contributed by atoms with Crippen LogP contribution in [0.3, 0.4) is 0 Å². The first-order chi connectivity index (χ1) is 28.7. The molecule has 7 aromatic carbocycles. The van der Waals surface area contributed by atoms with E-state index in [0.29, 0.717) is 34.8 Å². The third-order valence-electron chi connectivity index (χ3n) is 9.97. The van der Waals surface area contributed by atoms with E-state index in [9.17, 15) is 0 Å². The molecule has 58 heavy (non-hydrogen) atoms. The van der Waals surface area contributed by atoms with E-state index in [4.69, 9.17) is 34.9 Å². The molecule has 0 unspecified atom stereocenters. The van der Waals surface area contributed by atoms with Gasteiger partial charge in [0.25, 0.3) is 0 Å². The maximum absolute atomic E-state index is 5.10. The standard InChI is InChI=1S/C51H33N7/c1-5-16-34(17-6-1)40-24-15-25-41(32-40)44-33-45(54-47(53-44)36-18-7-2-8-19-36)51-57-49(38-22-11-4-12-23-38)56-50(58-51)39-30-28-35(29-31-39)46-42-26-13-14-27-43(42)52-48(55-46)37-20-9-3-10-21-37/h1-33H. The number of benzene rings is 7. The lowest BCUT2D eigenvalue weighted by Crippen LogP contribution is -2.03. The molecule has 0 saturated carbocycles. The second-order valence-corrected chi connectivity index (χ2v) is 13.8. The first kappa shape index (κ1) is 34.5. The molecule has 0 spiro atoms. The van der Waals surface area contributed by atoms with Gasteiger partial charge in [-0.2, -0.15) is 0 Å². The largest absolute Gasteiger partial charge is 0.228 e. The van der Waals surface area contributed by atoms with Gasteiger partial charge in [0.2, 0.25) is 0 Å². The molecule has 0 saturated heterocycles. The van der Waals surface area contributed by atoms with Gasteiger partial charge in [0.05, 0.1) is 16.9 Å². The van der Waals surface area contributed by atoms with Crippen LogP contribution in [0.2, 0.25) is 0 Å². The molecule has 0 bridgehead atoms. The molecule has 272 valence electrons. The summed E-state index contributed by atoms with van der Waals surface area (Å²) in [6.45, 7) is 0. The third kappa shape index (κ3) is 7.00. The molecule has 0 N–H and O–H groups in total. The summed E-state index contributed by atoms with van der Waals surface area (Å²) in [5, 5.41) is 0.979. The van der Waals surface area contributed by atoms with Crippen molar-refractivity contribution in [2.75, 3.05) is 0 Å². The van der Waals surface area contributed by atoms with Crippen molar-refractivity contribution in [3.05, 3.63) is 200 Å². The first-order valence-electron chi connectivity index (χ1n) is 19.1. The van der Waals surface area contributed by atoms with Crippen LogP contribution >= 0.6 is 0 Å². The normalized spacial score (nSPS) is 11.1. The number of para-hydroxylation sites is 1. The molecule has 0 aliphatic heterocycles. The van der Waals surface area contributed by atoms with Crippen LogP contribution in [0.1, 0.15) is 0 Å². The summed E-state index contributed by atoms with van der Waals surface area (Å²) in [6.07, 6.45) is 0. The third-order valence-corrected chi connectivity index (χ3v) is 9.97. The van der Waals surface area contributed by atoms with Crippen LogP contribution in [0.15, 0.2) is 200 Å². The summed E-state index contributed by atoms with van der Waals surface area (Å²) < 4.78 is 0. The predicted octanol–water partition coefficient (Wildman–Crippen LogP) is 11.9. The lowest BCUT2D eigenvalue weighted by molar-refractivity contribution is 1.05. The average molecular weight is 744 g/mol. The molecule has 0 amide bonds. The van der Waals surface area contributed by atoms with Crippen LogP contribution in [0.25, 0.3) is 102 Å². The number of hydrogen-bond donors (Lipinski definition) is 0. The molecule has 7 heteroatoms. The summed E-state index contributed by atoms with van der Waals surface area (Å²) in [4.78, 5) is 35.3. The number of hydrogen-bond acceptors (Lipinski definition) is 7. The maximum Gasteiger partial charge on any atom is 0.182 e. The minimum absolute atomic E-state index is 0.447. The van der Waals surface area contributed by atoms with E-state index in [1.54, 1.807) is 0 Å². The van der Waals surface area contributed by atoms with E-state index < -0.39 is 0 Å². The fraction of sp³-hybridized carbons (Fsp3) is 0. The minimum Gasteiger partial charge on any atom is -0.228 e. The zero-order valence-corrected chi connectivity index (χ0v) is 31.2. The molecule has 10 aromatic rings.